The summed E-state index contributed by atoms with van der Waals surface area (Å²) >= 11 is 0. The van der Waals surface area contributed by atoms with E-state index in [4.69, 9.17) is 0 Å². The first kappa shape index (κ1) is 23.6. The number of amides is 1. The molecule has 1 aliphatic carbocycles. The Bertz CT molecular complexity index is 704. The summed E-state index contributed by atoms with van der Waals surface area (Å²) < 4.78 is 0. The van der Waals surface area contributed by atoms with Gasteiger partial charge in [0.1, 0.15) is 6.54 Å². The van der Waals surface area contributed by atoms with Gasteiger partial charge >= 0.3 is 0 Å². The average molecular weight is 428 g/mol. The van der Waals surface area contributed by atoms with Crippen LogP contribution in [0.15, 0.2) is 35.3 Å². The number of carbonyl (C=O) groups is 1. The van der Waals surface area contributed by atoms with E-state index in [1.54, 1.807) is 19.0 Å². The van der Waals surface area contributed by atoms with Crippen LogP contribution in [0.5, 0.6) is 0 Å². The molecule has 172 valence electrons. The van der Waals surface area contributed by atoms with Crippen molar-refractivity contribution in [3.05, 3.63) is 35.9 Å². The first-order chi connectivity index (χ1) is 14.9. The number of piperidine rings is 1. The molecule has 1 aromatic carbocycles. The summed E-state index contributed by atoms with van der Waals surface area (Å²) in [5.74, 6) is 1.63. The van der Waals surface area contributed by atoms with Crippen molar-refractivity contribution in [3.63, 3.8) is 0 Å². The van der Waals surface area contributed by atoms with Crippen molar-refractivity contribution in [2.24, 2.45) is 10.9 Å². The predicted octanol–water partition coefficient (Wildman–Crippen LogP) is 3.41. The lowest BCUT2D eigenvalue weighted by atomic mass is 9.88. The van der Waals surface area contributed by atoms with Crippen LogP contribution in [0, 0.1) is 5.92 Å². The number of nitrogens with one attached hydrogen (secondary N) is 2. The minimum absolute atomic E-state index is 0.0106. The first-order valence-electron chi connectivity index (χ1n) is 12.0. The van der Waals surface area contributed by atoms with Gasteiger partial charge in [-0.1, -0.05) is 37.3 Å². The molecule has 1 amide bonds. The summed E-state index contributed by atoms with van der Waals surface area (Å²) in [6, 6.07) is 11.6. The molecule has 1 heterocycles. The van der Waals surface area contributed by atoms with Crippen LogP contribution < -0.4 is 10.6 Å². The van der Waals surface area contributed by atoms with E-state index < -0.39 is 0 Å². The highest BCUT2D eigenvalue weighted by atomic mass is 16.2. The highest BCUT2D eigenvalue weighted by Crippen LogP contribution is 2.27. The molecule has 2 N–H and O–H groups in total. The molecule has 3 rings (SSSR count). The quantitative estimate of drug-likeness (QED) is 0.540. The van der Waals surface area contributed by atoms with Gasteiger partial charge in [0.15, 0.2) is 5.96 Å². The lowest BCUT2D eigenvalue weighted by Gasteiger charge is -2.40. The van der Waals surface area contributed by atoms with Gasteiger partial charge in [-0.3, -0.25) is 4.79 Å². The van der Waals surface area contributed by atoms with Crippen LogP contribution in [-0.4, -0.2) is 67.5 Å². The third-order valence-corrected chi connectivity index (χ3v) is 6.90. The third-order valence-electron chi connectivity index (χ3n) is 6.90. The zero-order valence-corrected chi connectivity index (χ0v) is 19.8. The van der Waals surface area contributed by atoms with Gasteiger partial charge in [0.25, 0.3) is 0 Å². The Kier molecular flexibility index (Phi) is 8.76. The molecule has 6 heteroatoms. The molecular formula is C25H41N5O. The topological polar surface area (TPSA) is 60.0 Å². The smallest absolute Gasteiger partial charge is 0.243 e. The molecule has 0 bridgehead atoms. The van der Waals surface area contributed by atoms with Gasteiger partial charge in [-0.25, -0.2) is 4.99 Å². The van der Waals surface area contributed by atoms with Crippen molar-refractivity contribution in [2.45, 2.75) is 70.5 Å². The fraction of sp³-hybridized carbons (Fsp3) is 0.680. The Morgan fingerprint density at radius 3 is 2.35 bits per heavy atom. The molecule has 2 aliphatic rings. The van der Waals surface area contributed by atoms with Crippen molar-refractivity contribution in [3.8, 4) is 0 Å². The molecule has 2 fully saturated rings. The number of nitrogens with zero attached hydrogens (tertiary/aromatic N) is 3. The lowest BCUT2D eigenvalue weighted by Crippen LogP contribution is -2.49. The maximum absolute atomic E-state index is 12.1. The van der Waals surface area contributed by atoms with Gasteiger partial charge < -0.3 is 20.4 Å². The molecular weight excluding hydrogens is 386 g/mol. The SMILES string of the molecule is CC1CCN(C2CCC(NC(=NCC(=O)N(C)C)NC(C)c3ccccc3)CC2)CC1. The van der Waals surface area contributed by atoms with Crippen LogP contribution in [0.25, 0.3) is 0 Å². The normalized spacial score (nSPS) is 24.5. The molecule has 1 saturated carbocycles. The summed E-state index contributed by atoms with van der Waals surface area (Å²) in [6.45, 7) is 7.20. The molecule has 1 atom stereocenters. The van der Waals surface area contributed by atoms with Crippen LogP contribution in [0.3, 0.4) is 0 Å². The molecule has 1 aromatic rings. The molecule has 6 nitrogen and oxygen atoms in total. The summed E-state index contributed by atoms with van der Waals surface area (Å²) in [4.78, 5) is 21.0. The van der Waals surface area contributed by atoms with Gasteiger partial charge in [-0.2, -0.15) is 0 Å². The second-order valence-corrected chi connectivity index (χ2v) is 9.60. The molecule has 1 unspecified atom stereocenters. The highest BCUT2D eigenvalue weighted by Gasteiger charge is 2.28. The van der Waals surface area contributed by atoms with Crippen LogP contribution in [0.1, 0.15) is 64.0 Å². The summed E-state index contributed by atoms with van der Waals surface area (Å²) in [7, 11) is 3.54. The maximum Gasteiger partial charge on any atom is 0.243 e. The molecule has 1 aliphatic heterocycles. The van der Waals surface area contributed by atoms with E-state index in [2.05, 4.69) is 58.6 Å². The zero-order chi connectivity index (χ0) is 22.2. The molecule has 31 heavy (non-hydrogen) atoms. The molecule has 0 spiro atoms. The fourth-order valence-corrected chi connectivity index (χ4v) is 4.62. The van der Waals surface area contributed by atoms with Gasteiger partial charge in [-0.05, 0) is 70.0 Å². The first-order valence-corrected chi connectivity index (χ1v) is 12.0. The Morgan fingerprint density at radius 2 is 1.74 bits per heavy atom. The van der Waals surface area contributed by atoms with Crippen LogP contribution in [0.4, 0.5) is 0 Å². The van der Waals surface area contributed by atoms with E-state index in [1.165, 1.54) is 44.3 Å². The second kappa shape index (κ2) is 11.5. The number of hydrogen-bond donors (Lipinski definition) is 2. The summed E-state index contributed by atoms with van der Waals surface area (Å²) in [6.07, 6.45) is 7.47. The number of hydrogen-bond acceptors (Lipinski definition) is 3. The second-order valence-electron chi connectivity index (χ2n) is 9.60. The van der Waals surface area contributed by atoms with Crippen LogP contribution in [-0.2, 0) is 4.79 Å². The third kappa shape index (κ3) is 7.23. The fourth-order valence-electron chi connectivity index (χ4n) is 4.62. The zero-order valence-electron chi connectivity index (χ0n) is 19.8. The van der Waals surface area contributed by atoms with Gasteiger partial charge in [0.2, 0.25) is 5.91 Å². The van der Waals surface area contributed by atoms with E-state index in [-0.39, 0.29) is 18.5 Å². The molecule has 0 aromatic heterocycles. The summed E-state index contributed by atoms with van der Waals surface area (Å²) in [5, 5.41) is 7.14. The van der Waals surface area contributed by atoms with Crippen molar-refractivity contribution in [2.75, 3.05) is 33.7 Å². The number of likely N-dealkylation sites (tertiary alicyclic amines) is 1. The van der Waals surface area contributed by atoms with Gasteiger partial charge in [0.05, 0.1) is 6.04 Å². The Hall–Kier alpha value is -2.08. The van der Waals surface area contributed by atoms with Crippen LogP contribution >= 0.6 is 0 Å². The Labute approximate surface area is 188 Å². The van der Waals surface area contributed by atoms with Gasteiger partial charge in [-0.15, -0.1) is 0 Å². The Balaban J connectivity index is 1.56. The van der Waals surface area contributed by atoms with Crippen molar-refractivity contribution < 1.29 is 4.79 Å². The average Bonchev–Trinajstić information content (AvgIpc) is 2.78. The number of guanidine groups is 1. The number of benzene rings is 1. The molecule has 0 radical (unpaired) electrons. The monoisotopic (exact) mass is 427 g/mol. The number of carbonyl (C=O) groups excluding carboxylic acids is 1. The number of aliphatic imine (C=N–C) groups is 1. The minimum Gasteiger partial charge on any atom is -0.354 e. The van der Waals surface area contributed by atoms with Crippen LogP contribution in [0.2, 0.25) is 0 Å². The van der Waals surface area contributed by atoms with E-state index >= 15 is 0 Å². The predicted molar refractivity (Wildman–Crippen MR) is 128 cm³/mol. The van der Waals surface area contributed by atoms with Crippen molar-refractivity contribution in [1.29, 1.82) is 0 Å². The maximum atomic E-state index is 12.1. The number of rotatable bonds is 6. The van der Waals surface area contributed by atoms with E-state index in [1.807, 2.05) is 6.07 Å². The Morgan fingerprint density at radius 1 is 1.10 bits per heavy atom. The summed E-state index contributed by atoms with van der Waals surface area (Å²) in [5.41, 5.74) is 1.21. The lowest BCUT2D eigenvalue weighted by molar-refractivity contribution is -0.127. The number of likely N-dealkylation sites (N-methyl/N-ethyl adjacent to an activating group) is 1. The molecule has 1 saturated heterocycles. The largest absolute Gasteiger partial charge is 0.354 e. The van der Waals surface area contributed by atoms with E-state index in [0.717, 1.165) is 30.8 Å². The standard InChI is InChI=1S/C25H41N5O/c1-19-14-16-30(17-15-19)23-12-10-22(11-13-23)28-25(26-18-24(31)29(3)4)27-20(2)21-8-6-5-7-9-21/h5-9,19-20,22-23H,10-18H2,1-4H3,(H2,26,27,28). The minimum atomic E-state index is 0.0106. The van der Waals surface area contributed by atoms with E-state index in [0.29, 0.717) is 6.04 Å². The van der Waals surface area contributed by atoms with E-state index in [9.17, 15) is 4.79 Å². The highest BCUT2D eigenvalue weighted by molar-refractivity contribution is 5.85. The van der Waals surface area contributed by atoms with Crippen molar-refractivity contribution >= 4 is 11.9 Å². The van der Waals surface area contributed by atoms with Gasteiger partial charge in [0, 0.05) is 26.2 Å². The van der Waals surface area contributed by atoms with Crippen molar-refractivity contribution in [1.82, 2.24) is 20.4 Å².